The van der Waals surface area contributed by atoms with Crippen LogP contribution in [0.25, 0.3) is 65.7 Å². The van der Waals surface area contributed by atoms with Crippen LogP contribution in [0, 0.1) is 0 Å². The molecule has 0 spiro atoms. The third-order valence-electron chi connectivity index (χ3n) is 8.09. The van der Waals surface area contributed by atoms with Crippen molar-refractivity contribution in [1.82, 2.24) is 29.0 Å². The molecule has 4 aromatic heterocycles. The monoisotopic (exact) mass is 554 g/mol. The number of likely N-dealkylation sites (N-methyl/N-ethyl adjacent to an activating group) is 1. The molecule has 0 unspecified atom stereocenters. The predicted molar refractivity (Wildman–Crippen MR) is 163 cm³/mol. The summed E-state index contributed by atoms with van der Waals surface area (Å²) >= 11 is 0. The highest BCUT2D eigenvalue weighted by Crippen LogP contribution is 2.36. The lowest BCUT2D eigenvalue weighted by molar-refractivity contribution is 0.0951. The van der Waals surface area contributed by atoms with Crippen LogP contribution in [0.15, 0.2) is 70.3 Å². The van der Waals surface area contributed by atoms with Crippen molar-refractivity contribution in [2.45, 2.75) is 0 Å². The summed E-state index contributed by atoms with van der Waals surface area (Å²) in [6, 6.07) is 17.4. The molecule has 0 bridgehead atoms. The Labute approximate surface area is 236 Å². The second kappa shape index (κ2) is 8.51. The number of nitrogens with one attached hydrogen (secondary N) is 1. The van der Waals surface area contributed by atoms with Crippen LogP contribution in [-0.2, 0) is 0 Å². The first-order valence-corrected chi connectivity index (χ1v) is 13.5. The minimum Gasteiger partial charge on any atom is -0.351 e. The second-order valence-electron chi connectivity index (χ2n) is 10.9. The highest BCUT2D eigenvalue weighted by atomic mass is 16.2. The van der Waals surface area contributed by atoms with E-state index < -0.39 is 0 Å². The highest BCUT2D eigenvalue weighted by molar-refractivity contribution is 6.27. The zero-order chi connectivity index (χ0) is 28.9. The summed E-state index contributed by atoms with van der Waals surface area (Å²) < 4.78 is 3.08. The molecule has 0 saturated carbocycles. The third-order valence-corrected chi connectivity index (χ3v) is 8.09. The summed E-state index contributed by atoms with van der Waals surface area (Å²) in [5.74, 6) is -0.224. The lowest BCUT2D eigenvalue weighted by Crippen LogP contribution is -2.31. The van der Waals surface area contributed by atoms with Gasteiger partial charge in [0, 0.05) is 56.5 Å². The molecule has 10 heteroatoms. The fourth-order valence-corrected chi connectivity index (χ4v) is 6.12. The van der Waals surface area contributed by atoms with Crippen molar-refractivity contribution in [2.75, 3.05) is 27.2 Å². The van der Waals surface area contributed by atoms with Gasteiger partial charge in [0.15, 0.2) is 0 Å². The van der Waals surface area contributed by atoms with Gasteiger partial charge in [-0.2, -0.15) is 0 Å². The van der Waals surface area contributed by atoms with Gasteiger partial charge in [-0.05, 0) is 74.8 Å². The normalized spacial score (nSPS) is 12.4. The summed E-state index contributed by atoms with van der Waals surface area (Å²) in [6.07, 6.45) is 0.740. The first-order valence-electron chi connectivity index (χ1n) is 13.5. The molecule has 0 aliphatic heterocycles. The van der Waals surface area contributed by atoms with Gasteiger partial charge >= 0.3 is 0 Å². The van der Waals surface area contributed by atoms with Gasteiger partial charge in [0.05, 0.1) is 22.1 Å². The van der Waals surface area contributed by atoms with E-state index in [1.54, 1.807) is 52.9 Å². The molecule has 0 aliphatic rings. The third kappa shape index (κ3) is 3.18. The Balaban J connectivity index is 1.43. The summed E-state index contributed by atoms with van der Waals surface area (Å²) in [5.41, 5.74) is 3.53. The number of aromatic nitrogens is 4. The number of amides is 1. The lowest BCUT2D eigenvalue weighted by atomic mass is 9.96. The Morgan fingerprint density at radius 2 is 1.33 bits per heavy atom. The molecule has 4 aromatic carbocycles. The van der Waals surface area contributed by atoms with Gasteiger partial charge in [-0.3, -0.25) is 28.0 Å². The zero-order valence-corrected chi connectivity index (χ0v) is 22.6. The first-order chi connectivity index (χ1) is 20.4. The SMILES string of the molecule is CN(C)CCNC(=O)c1ccc2nc3c4ccc5c(=O)n6c7cc(C=O)ccc7nc6c6ccc(c(=O)n3c2c1)c4c56. The van der Waals surface area contributed by atoms with Crippen molar-refractivity contribution in [3.8, 4) is 0 Å². The number of pyridine rings is 2. The highest BCUT2D eigenvalue weighted by Gasteiger charge is 2.23. The Bertz CT molecular complexity index is 2570. The van der Waals surface area contributed by atoms with Gasteiger partial charge < -0.3 is 10.2 Å². The second-order valence-corrected chi connectivity index (χ2v) is 10.9. The van der Waals surface area contributed by atoms with E-state index in [-0.39, 0.29) is 17.0 Å². The molecule has 42 heavy (non-hydrogen) atoms. The van der Waals surface area contributed by atoms with E-state index >= 15 is 0 Å². The summed E-state index contributed by atoms with van der Waals surface area (Å²) in [7, 11) is 3.87. The number of imidazole rings is 2. The number of hydrogen-bond donors (Lipinski definition) is 1. The predicted octanol–water partition coefficient (Wildman–Crippen LogP) is 3.45. The first kappa shape index (κ1) is 24.3. The van der Waals surface area contributed by atoms with Gasteiger partial charge in [0.25, 0.3) is 17.0 Å². The molecule has 1 N–H and O–H groups in total. The topological polar surface area (TPSA) is 118 Å². The average Bonchev–Trinajstić information content (AvgIpc) is 3.57. The number of carbonyl (C=O) groups excluding carboxylic acids is 2. The zero-order valence-electron chi connectivity index (χ0n) is 22.6. The summed E-state index contributed by atoms with van der Waals surface area (Å²) in [4.78, 5) is 63.7. The van der Waals surface area contributed by atoms with Crippen LogP contribution < -0.4 is 16.4 Å². The molecule has 8 rings (SSSR count). The number of aldehydes is 1. The Hall–Kier alpha value is -5.48. The van der Waals surface area contributed by atoms with E-state index in [9.17, 15) is 19.2 Å². The minimum atomic E-state index is -0.281. The van der Waals surface area contributed by atoms with Crippen LogP contribution in [0.2, 0.25) is 0 Å². The van der Waals surface area contributed by atoms with Crippen LogP contribution >= 0.6 is 0 Å². The van der Waals surface area contributed by atoms with Crippen LogP contribution in [0.5, 0.6) is 0 Å². The van der Waals surface area contributed by atoms with Gasteiger partial charge in [-0.1, -0.05) is 0 Å². The standard InChI is InChI=1S/C32H22N6O4/c1-36(2)12-11-33-30(40)17-4-10-23-25(14-17)38-29(35-23)19-6-7-20-26-18(5-8-21(27(19)26)32(38)42)28-34-22-9-3-16(15-39)13-24(22)37(28)31(20)41/h3-10,13-15H,11-12H2,1-2H3,(H,33,40). The largest absolute Gasteiger partial charge is 0.351 e. The fourth-order valence-electron chi connectivity index (χ4n) is 6.12. The van der Waals surface area contributed by atoms with Crippen molar-refractivity contribution in [2.24, 2.45) is 0 Å². The minimum absolute atomic E-state index is 0.224. The van der Waals surface area contributed by atoms with Gasteiger partial charge in [0.1, 0.15) is 17.6 Å². The lowest BCUT2D eigenvalue weighted by Gasteiger charge is -2.12. The molecular weight excluding hydrogens is 532 g/mol. The molecule has 8 aromatic rings. The average molecular weight is 555 g/mol. The van der Waals surface area contributed by atoms with E-state index in [1.807, 2.05) is 31.1 Å². The van der Waals surface area contributed by atoms with E-state index in [1.165, 1.54) is 4.40 Å². The van der Waals surface area contributed by atoms with Crippen LogP contribution in [-0.4, -0.2) is 63.0 Å². The maximum Gasteiger partial charge on any atom is 0.264 e. The molecule has 0 aliphatic carbocycles. The molecular formula is C32H22N6O4. The van der Waals surface area contributed by atoms with Crippen molar-refractivity contribution >= 4 is 77.9 Å². The Kier molecular flexibility index (Phi) is 4.93. The number of hydrogen-bond acceptors (Lipinski definition) is 7. The van der Waals surface area contributed by atoms with Crippen molar-refractivity contribution < 1.29 is 9.59 Å². The maximum atomic E-state index is 14.0. The van der Waals surface area contributed by atoms with Crippen molar-refractivity contribution in [1.29, 1.82) is 0 Å². The summed E-state index contributed by atoms with van der Waals surface area (Å²) in [6.45, 7) is 1.20. The molecule has 10 nitrogen and oxygen atoms in total. The molecule has 4 heterocycles. The van der Waals surface area contributed by atoms with Gasteiger partial charge in [-0.15, -0.1) is 0 Å². The van der Waals surface area contributed by atoms with E-state index in [0.717, 1.165) is 17.1 Å². The molecule has 0 saturated heterocycles. The molecule has 0 atom stereocenters. The number of fused-ring (bicyclic) bond motifs is 8. The van der Waals surface area contributed by atoms with Crippen molar-refractivity contribution in [3.05, 3.63) is 92.5 Å². The Morgan fingerprint density at radius 1 is 0.786 bits per heavy atom. The molecule has 1 amide bonds. The maximum absolute atomic E-state index is 14.0. The molecule has 0 fully saturated rings. The van der Waals surface area contributed by atoms with Gasteiger partial charge in [0.2, 0.25) is 0 Å². The van der Waals surface area contributed by atoms with E-state index in [4.69, 9.17) is 9.97 Å². The number of rotatable bonds is 5. The van der Waals surface area contributed by atoms with E-state index in [2.05, 4.69) is 5.32 Å². The summed E-state index contributed by atoms with van der Waals surface area (Å²) in [5, 5.41) is 6.55. The number of carbonyl (C=O) groups is 2. The number of nitrogens with zero attached hydrogens (tertiary/aromatic N) is 5. The van der Waals surface area contributed by atoms with Gasteiger partial charge in [-0.25, -0.2) is 9.97 Å². The van der Waals surface area contributed by atoms with Crippen LogP contribution in [0.4, 0.5) is 0 Å². The smallest absolute Gasteiger partial charge is 0.264 e. The number of benzene rings is 4. The Morgan fingerprint density at radius 3 is 1.90 bits per heavy atom. The van der Waals surface area contributed by atoms with E-state index in [0.29, 0.717) is 79.1 Å². The van der Waals surface area contributed by atoms with Crippen LogP contribution in [0.1, 0.15) is 20.7 Å². The quantitative estimate of drug-likeness (QED) is 0.256. The molecule has 204 valence electrons. The van der Waals surface area contributed by atoms with Crippen molar-refractivity contribution in [3.63, 3.8) is 0 Å². The van der Waals surface area contributed by atoms with Crippen LogP contribution in [0.3, 0.4) is 0 Å². The molecule has 0 radical (unpaired) electrons. The fraction of sp³-hybridized carbons (Fsp3) is 0.125.